The zero-order valence-corrected chi connectivity index (χ0v) is 14.8. The minimum atomic E-state index is -1.15. The summed E-state index contributed by atoms with van der Waals surface area (Å²) in [6, 6.07) is 0. The number of carboxylic acids is 1. The fourth-order valence-electron chi connectivity index (χ4n) is 7.46. The Balaban J connectivity index is 1.75. The summed E-state index contributed by atoms with van der Waals surface area (Å²) in [7, 11) is 0. The molecule has 0 aromatic rings. The highest BCUT2D eigenvalue weighted by atomic mass is 16.6. The van der Waals surface area contributed by atoms with E-state index in [0.717, 1.165) is 5.57 Å². The highest BCUT2D eigenvalue weighted by Gasteiger charge is 2.82. The zero-order valence-electron chi connectivity index (χ0n) is 14.8. The quantitative estimate of drug-likeness (QED) is 0.508. The summed E-state index contributed by atoms with van der Waals surface area (Å²) in [4.78, 5) is 24.5. The second-order valence-electron chi connectivity index (χ2n) is 9.32. The molecule has 6 nitrogen and oxygen atoms in total. The van der Waals surface area contributed by atoms with E-state index < -0.39 is 46.0 Å². The van der Waals surface area contributed by atoms with Gasteiger partial charge in [-0.15, -0.1) is 0 Å². The van der Waals surface area contributed by atoms with E-state index in [1.807, 2.05) is 6.08 Å². The van der Waals surface area contributed by atoms with Gasteiger partial charge in [0.05, 0.1) is 11.7 Å². The van der Waals surface area contributed by atoms with Crippen LogP contribution in [0.4, 0.5) is 0 Å². The molecule has 6 heteroatoms. The fraction of sp³-hybridized carbons (Fsp3) is 0.700. The lowest BCUT2D eigenvalue weighted by Gasteiger charge is -2.45. The molecule has 1 saturated heterocycles. The number of carbonyl (C=O) groups excluding carboxylic acids is 1. The number of aliphatic hydroxyl groups is 2. The number of aliphatic hydroxyl groups excluding tert-OH is 1. The van der Waals surface area contributed by atoms with Gasteiger partial charge in [0.15, 0.2) is 0 Å². The summed E-state index contributed by atoms with van der Waals surface area (Å²) in [5.74, 6) is -2.18. The molecule has 140 valence electrons. The van der Waals surface area contributed by atoms with Crippen molar-refractivity contribution >= 4 is 11.9 Å². The van der Waals surface area contributed by atoms with Gasteiger partial charge in [0.2, 0.25) is 0 Å². The molecule has 4 bridgehead atoms. The number of esters is 1. The third-order valence-electron chi connectivity index (χ3n) is 8.44. The van der Waals surface area contributed by atoms with Gasteiger partial charge in [0, 0.05) is 18.3 Å². The van der Waals surface area contributed by atoms with E-state index in [1.165, 1.54) is 0 Å². The first-order valence-electron chi connectivity index (χ1n) is 9.33. The van der Waals surface area contributed by atoms with Gasteiger partial charge in [0.25, 0.3) is 0 Å². The first-order chi connectivity index (χ1) is 12.1. The second kappa shape index (κ2) is 4.42. The number of carbonyl (C=O) groups is 2. The largest absolute Gasteiger partial charge is 0.481 e. The molecule has 0 aromatic carbocycles. The molecule has 4 aliphatic carbocycles. The number of fused-ring (bicyclic) bond motifs is 1. The van der Waals surface area contributed by atoms with Gasteiger partial charge in [-0.05, 0) is 55.6 Å². The summed E-state index contributed by atoms with van der Waals surface area (Å²) in [5, 5.41) is 31.3. The standard InChI is InChI=1S/C20H24O6/c1-10-8-18-9-19(10,25)5-3-12(18)20-6-4-13(21)17(2,16(24)26-20)15(20)11(18)7-14(22)23/h4,6,11-13,15,21,25H,1,3,5,7-9H2,2H3,(H,22,23)/t11-,12+,13-,15+,17?,18+,19-,20+/m0/s1. The van der Waals surface area contributed by atoms with Crippen molar-refractivity contribution in [2.75, 3.05) is 0 Å². The van der Waals surface area contributed by atoms with Crippen LogP contribution >= 0.6 is 0 Å². The van der Waals surface area contributed by atoms with Crippen LogP contribution in [0, 0.1) is 28.6 Å². The maximum Gasteiger partial charge on any atom is 0.316 e. The number of ether oxygens (including phenoxy) is 1. The maximum atomic E-state index is 12.8. The molecule has 1 spiro atoms. The van der Waals surface area contributed by atoms with E-state index in [2.05, 4.69) is 6.58 Å². The van der Waals surface area contributed by atoms with E-state index in [1.54, 1.807) is 13.0 Å². The Morgan fingerprint density at radius 3 is 2.88 bits per heavy atom. The third-order valence-corrected chi connectivity index (χ3v) is 8.44. The predicted molar refractivity (Wildman–Crippen MR) is 89.8 cm³/mol. The molecule has 8 atom stereocenters. The van der Waals surface area contributed by atoms with Crippen molar-refractivity contribution in [3.8, 4) is 0 Å². The van der Waals surface area contributed by atoms with Gasteiger partial charge in [0.1, 0.15) is 11.0 Å². The van der Waals surface area contributed by atoms with E-state index in [4.69, 9.17) is 4.74 Å². The first kappa shape index (κ1) is 16.5. The molecule has 0 radical (unpaired) electrons. The van der Waals surface area contributed by atoms with Crippen LogP contribution in [0.5, 0.6) is 0 Å². The Bertz CT molecular complexity index is 787. The van der Waals surface area contributed by atoms with Crippen LogP contribution < -0.4 is 0 Å². The molecule has 0 amide bonds. The van der Waals surface area contributed by atoms with Crippen LogP contribution in [0.25, 0.3) is 0 Å². The molecule has 4 fully saturated rings. The van der Waals surface area contributed by atoms with E-state index >= 15 is 0 Å². The smallest absolute Gasteiger partial charge is 0.316 e. The Kier molecular flexibility index (Phi) is 2.81. The van der Waals surface area contributed by atoms with E-state index in [9.17, 15) is 24.9 Å². The maximum absolute atomic E-state index is 12.8. The average molecular weight is 360 g/mol. The Hall–Kier alpha value is -1.66. The summed E-state index contributed by atoms with van der Waals surface area (Å²) in [5.41, 5.74) is -2.67. The molecule has 3 N–H and O–H groups in total. The van der Waals surface area contributed by atoms with Gasteiger partial charge >= 0.3 is 11.9 Å². The van der Waals surface area contributed by atoms with Crippen molar-refractivity contribution < 1.29 is 29.6 Å². The molecular formula is C20H24O6. The molecule has 26 heavy (non-hydrogen) atoms. The fourth-order valence-corrected chi connectivity index (χ4v) is 7.46. The van der Waals surface area contributed by atoms with Crippen molar-refractivity contribution in [3.63, 3.8) is 0 Å². The lowest BCUT2D eigenvalue weighted by atomic mass is 9.60. The van der Waals surface area contributed by atoms with Crippen LogP contribution in [0.2, 0.25) is 0 Å². The van der Waals surface area contributed by atoms with E-state index in [-0.39, 0.29) is 18.3 Å². The normalized spacial score (nSPS) is 56.3. The summed E-state index contributed by atoms with van der Waals surface area (Å²) < 4.78 is 5.98. The summed E-state index contributed by atoms with van der Waals surface area (Å²) in [6.07, 6.45) is 4.60. The Labute approximate surface area is 151 Å². The van der Waals surface area contributed by atoms with Gasteiger partial charge < -0.3 is 20.1 Å². The third kappa shape index (κ3) is 1.50. The molecule has 1 unspecified atom stereocenters. The Morgan fingerprint density at radius 2 is 2.19 bits per heavy atom. The lowest BCUT2D eigenvalue weighted by Crippen LogP contribution is -2.49. The minimum Gasteiger partial charge on any atom is -0.481 e. The lowest BCUT2D eigenvalue weighted by molar-refractivity contribution is -0.161. The van der Waals surface area contributed by atoms with Gasteiger partial charge in [-0.25, -0.2) is 0 Å². The molecule has 1 aliphatic heterocycles. The number of aliphatic carboxylic acids is 1. The summed E-state index contributed by atoms with van der Waals surface area (Å²) in [6.45, 7) is 5.79. The van der Waals surface area contributed by atoms with Crippen molar-refractivity contribution in [2.45, 2.75) is 56.3 Å². The molecular weight excluding hydrogens is 336 g/mol. The molecule has 5 aliphatic rings. The monoisotopic (exact) mass is 360 g/mol. The minimum absolute atomic E-state index is 0.0570. The van der Waals surface area contributed by atoms with Crippen LogP contribution in [-0.2, 0) is 14.3 Å². The molecule has 0 aromatic heterocycles. The van der Waals surface area contributed by atoms with Crippen molar-refractivity contribution in [1.82, 2.24) is 0 Å². The Morgan fingerprint density at radius 1 is 1.46 bits per heavy atom. The highest BCUT2D eigenvalue weighted by molar-refractivity contribution is 5.84. The van der Waals surface area contributed by atoms with E-state index in [0.29, 0.717) is 25.7 Å². The van der Waals surface area contributed by atoms with Crippen LogP contribution in [-0.4, -0.2) is 44.6 Å². The van der Waals surface area contributed by atoms with Crippen LogP contribution in [0.15, 0.2) is 24.3 Å². The number of rotatable bonds is 2. The predicted octanol–water partition coefficient (Wildman–Crippen LogP) is 1.42. The highest BCUT2D eigenvalue weighted by Crippen LogP contribution is 2.77. The van der Waals surface area contributed by atoms with Crippen LogP contribution in [0.1, 0.15) is 39.0 Å². The zero-order chi connectivity index (χ0) is 18.7. The number of hydrogen-bond acceptors (Lipinski definition) is 5. The average Bonchev–Trinajstić information content (AvgIpc) is 2.97. The number of hydrogen-bond donors (Lipinski definition) is 3. The topological polar surface area (TPSA) is 104 Å². The van der Waals surface area contributed by atoms with Gasteiger partial charge in [-0.1, -0.05) is 12.7 Å². The summed E-state index contributed by atoms with van der Waals surface area (Å²) >= 11 is 0. The molecule has 3 saturated carbocycles. The van der Waals surface area contributed by atoms with Crippen molar-refractivity contribution in [2.24, 2.45) is 28.6 Å². The van der Waals surface area contributed by atoms with Gasteiger partial charge in [-0.2, -0.15) is 0 Å². The number of carboxylic acid groups (broad SMARTS) is 1. The first-order valence-corrected chi connectivity index (χ1v) is 9.33. The van der Waals surface area contributed by atoms with Crippen LogP contribution in [0.3, 0.4) is 0 Å². The SMILES string of the molecule is C=C1C[C@]23C[C@@]1(O)CC[C@H]2[C@@]12C=C[C@H](O)C(C)(C(=O)O1)[C@H]2[C@@H]3CC(=O)O. The van der Waals surface area contributed by atoms with Gasteiger partial charge in [-0.3, -0.25) is 9.59 Å². The van der Waals surface area contributed by atoms with Crippen molar-refractivity contribution in [3.05, 3.63) is 24.3 Å². The second-order valence-corrected chi connectivity index (χ2v) is 9.32. The molecule has 1 heterocycles. The van der Waals surface area contributed by atoms with Crippen molar-refractivity contribution in [1.29, 1.82) is 0 Å². The molecule has 5 rings (SSSR count).